The summed E-state index contributed by atoms with van der Waals surface area (Å²) in [4.78, 5) is 48.8. The van der Waals surface area contributed by atoms with Crippen LogP contribution in [0, 0.1) is 0 Å². The van der Waals surface area contributed by atoms with E-state index in [2.05, 4.69) is 10.6 Å². The van der Waals surface area contributed by atoms with Gasteiger partial charge in [-0.1, -0.05) is 74.5 Å². The standard InChI is InChI=1S/C32H32N2O4/c1-3-7-31(37)33-27-11-5-9-25(21-27)29(35)19-17-23-13-15-24(16-14-23)18-20-30(36)26-10-6-12-28(22-26)34-32(38)8-4-2/h5-6,9-22H,3-4,7-8H2,1-2H3,(H,33,37)(H,34,38)/b19-17+,20-18+. The number of amides is 2. The number of hydrogen-bond acceptors (Lipinski definition) is 4. The summed E-state index contributed by atoms with van der Waals surface area (Å²) in [6, 6.07) is 21.2. The van der Waals surface area contributed by atoms with Crippen LogP contribution in [0.1, 0.15) is 71.4 Å². The van der Waals surface area contributed by atoms with Gasteiger partial charge < -0.3 is 10.6 Å². The van der Waals surface area contributed by atoms with Gasteiger partial charge in [0.15, 0.2) is 11.6 Å². The molecule has 0 unspecified atom stereocenters. The van der Waals surface area contributed by atoms with Gasteiger partial charge in [-0.3, -0.25) is 19.2 Å². The summed E-state index contributed by atoms with van der Waals surface area (Å²) in [5.74, 6) is -0.487. The van der Waals surface area contributed by atoms with Gasteiger partial charge in [0.2, 0.25) is 11.8 Å². The minimum atomic E-state index is -0.167. The first-order chi connectivity index (χ1) is 18.4. The quantitative estimate of drug-likeness (QED) is 0.204. The van der Waals surface area contributed by atoms with Crippen molar-refractivity contribution in [1.29, 1.82) is 0 Å². The molecule has 0 aliphatic carbocycles. The topological polar surface area (TPSA) is 92.3 Å². The zero-order valence-corrected chi connectivity index (χ0v) is 21.7. The number of carbonyl (C=O) groups is 4. The molecule has 0 aliphatic heterocycles. The van der Waals surface area contributed by atoms with Crippen LogP contribution < -0.4 is 10.6 Å². The van der Waals surface area contributed by atoms with E-state index >= 15 is 0 Å². The number of anilines is 2. The van der Waals surface area contributed by atoms with Gasteiger partial charge in [-0.05, 0) is 60.4 Å². The van der Waals surface area contributed by atoms with Crippen LogP contribution in [0.4, 0.5) is 11.4 Å². The van der Waals surface area contributed by atoms with Crippen LogP contribution in [-0.2, 0) is 9.59 Å². The van der Waals surface area contributed by atoms with Crippen molar-refractivity contribution < 1.29 is 19.2 Å². The molecule has 0 saturated heterocycles. The smallest absolute Gasteiger partial charge is 0.224 e. The fraction of sp³-hybridized carbons (Fsp3) is 0.188. The van der Waals surface area contributed by atoms with Crippen LogP contribution in [0.15, 0.2) is 84.9 Å². The number of hydrogen-bond donors (Lipinski definition) is 2. The second-order valence-corrected chi connectivity index (χ2v) is 8.82. The van der Waals surface area contributed by atoms with Crippen molar-refractivity contribution in [2.45, 2.75) is 39.5 Å². The highest BCUT2D eigenvalue weighted by atomic mass is 16.2. The lowest BCUT2D eigenvalue weighted by Crippen LogP contribution is -2.11. The molecule has 2 amide bonds. The molecule has 6 nitrogen and oxygen atoms in total. The number of rotatable bonds is 12. The minimum Gasteiger partial charge on any atom is -0.326 e. The van der Waals surface area contributed by atoms with E-state index in [1.165, 1.54) is 12.2 Å². The van der Waals surface area contributed by atoms with Crippen LogP contribution in [0.5, 0.6) is 0 Å². The highest BCUT2D eigenvalue weighted by Gasteiger charge is 2.07. The number of carbonyl (C=O) groups excluding carboxylic acids is 4. The molecule has 3 aromatic rings. The molecule has 0 radical (unpaired) electrons. The number of ketones is 2. The van der Waals surface area contributed by atoms with Gasteiger partial charge >= 0.3 is 0 Å². The predicted molar refractivity (Wildman–Crippen MR) is 153 cm³/mol. The SMILES string of the molecule is CCCC(=O)Nc1cccc(C(=O)/C=C/c2ccc(/C=C/C(=O)c3cccc(NC(=O)CCC)c3)cc2)c1. The van der Waals surface area contributed by atoms with Crippen LogP contribution in [-0.4, -0.2) is 23.4 Å². The largest absolute Gasteiger partial charge is 0.326 e. The van der Waals surface area contributed by atoms with E-state index in [1.54, 1.807) is 60.7 Å². The molecule has 0 aliphatic rings. The van der Waals surface area contributed by atoms with Crippen LogP contribution in [0.25, 0.3) is 12.2 Å². The maximum absolute atomic E-state index is 12.6. The Labute approximate surface area is 223 Å². The van der Waals surface area contributed by atoms with Gasteiger partial charge in [0.25, 0.3) is 0 Å². The van der Waals surface area contributed by atoms with E-state index in [9.17, 15) is 19.2 Å². The van der Waals surface area contributed by atoms with E-state index in [0.717, 1.165) is 24.0 Å². The first-order valence-corrected chi connectivity index (χ1v) is 12.7. The third-order valence-electron chi connectivity index (χ3n) is 5.61. The van der Waals surface area contributed by atoms with Gasteiger partial charge in [-0.2, -0.15) is 0 Å². The first kappa shape index (κ1) is 28.0. The third-order valence-corrected chi connectivity index (χ3v) is 5.61. The lowest BCUT2D eigenvalue weighted by atomic mass is 10.1. The molecule has 6 heteroatoms. The summed E-state index contributed by atoms with van der Waals surface area (Å²) in [5.41, 5.74) is 3.85. The van der Waals surface area contributed by atoms with E-state index in [1.807, 2.05) is 38.1 Å². The van der Waals surface area contributed by atoms with Crippen LogP contribution in [0.2, 0.25) is 0 Å². The van der Waals surface area contributed by atoms with Crippen molar-refractivity contribution in [3.8, 4) is 0 Å². The Morgan fingerprint density at radius 1 is 0.605 bits per heavy atom. The average molecular weight is 509 g/mol. The normalized spacial score (nSPS) is 11.0. The molecule has 3 aromatic carbocycles. The summed E-state index contributed by atoms with van der Waals surface area (Å²) in [5, 5.41) is 5.60. The monoisotopic (exact) mass is 508 g/mol. The lowest BCUT2D eigenvalue weighted by molar-refractivity contribution is -0.117. The fourth-order valence-corrected chi connectivity index (χ4v) is 3.66. The van der Waals surface area contributed by atoms with Gasteiger partial charge in [0, 0.05) is 35.3 Å². The Morgan fingerprint density at radius 3 is 1.37 bits per heavy atom. The highest BCUT2D eigenvalue weighted by Crippen LogP contribution is 2.15. The molecule has 0 fully saturated rings. The van der Waals surface area contributed by atoms with Gasteiger partial charge in [-0.25, -0.2) is 0 Å². The Balaban J connectivity index is 1.59. The molecular formula is C32H32N2O4. The zero-order valence-electron chi connectivity index (χ0n) is 21.7. The van der Waals surface area contributed by atoms with E-state index in [4.69, 9.17) is 0 Å². The molecule has 3 rings (SSSR count). The van der Waals surface area contributed by atoms with Crippen molar-refractivity contribution in [2.75, 3.05) is 10.6 Å². The second kappa shape index (κ2) is 14.2. The van der Waals surface area contributed by atoms with Crippen molar-refractivity contribution in [2.24, 2.45) is 0 Å². The third kappa shape index (κ3) is 8.82. The van der Waals surface area contributed by atoms with Crippen molar-refractivity contribution in [3.63, 3.8) is 0 Å². The Kier molecular flexibility index (Phi) is 10.5. The predicted octanol–water partition coefficient (Wildman–Crippen LogP) is 6.96. The highest BCUT2D eigenvalue weighted by molar-refractivity contribution is 6.08. The van der Waals surface area contributed by atoms with E-state index in [-0.39, 0.29) is 23.4 Å². The van der Waals surface area contributed by atoms with Gasteiger partial charge in [-0.15, -0.1) is 0 Å². The summed E-state index contributed by atoms with van der Waals surface area (Å²) in [6.45, 7) is 3.87. The fourth-order valence-electron chi connectivity index (χ4n) is 3.66. The number of nitrogens with one attached hydrogen (secondary N) is 2. The molecule has 0 bridgehead atoms. The molecule has 0 saturated carbocycles. The zero-order chi connectivity index (χ0) is 27.3. The number of allylic oxidation sites excluding steroid dienone is 2. The maximum atomic E-state index is 12.6. The van der Waals surface area contributed by atoms with E-state index in [0.29, 0.717) is 35.3 Å². The molecule has 0 aromatic heterocycles. The van der Waals surface area contributed by atoms with Gasteiger partial charge in [0.05, 0.1) is 0 Å². The molecule has 2 N–H and O–H groups in total. The molecule has 194 valence electrons. The molecule has 38 heavy (non-hydrogen) atoms. The second-order valence-electron chi connectivity index (χ2n) is 8.82. The van der Waals surface area contributed by atoms with Crippen molar-refractivity contribution in [3.05, 3.63) is 107 Å². The Hall–Kier alpha value is -4.58. The van der Waals surface area contributed by atoms with E-state index < -0.39 is 0 Å². The molecule has 0 atom stereocenters. The summed E-state index contributed by atoms with van der Waals surface area (Å²) in [7, 11) is 0. The van der Waals surface area contributed by atoms with Crippen molar-refractivity contribution in [1.82, 2.24) is 0 Å². The minimum absolute atomic E-state index is 0.0760. The van der Waals surface area contributed by atoms with Crippen molar-refractivity contribution >= 4 is 46.9 Å². The van der Waals surface area contributed by atoms with Crippen LogP contribution >= 0.6 is 0 Å². The van der Waals surface area contributed by atoms with Crippen LogP contribution in [0.3, 0.4) is 0 Å². The number of benzene rings is 3. The summed E-state index contributed by atoms with van der Waals surface area (Å²) < 4.78 is 0. The average Bonchev–Trinajstić information content (AvgIpc) is 2.91. The Bertz CT molecular complexity index is 1250. The first-order valence-electron chi connectivity index (χ1n) is 12.7. The molecule has 0 heterocycles. The maximum Gasteiger partial charge on any atom is 0.224 e. The molecule has 0 spiro atoms. The lowest BCUT2D eigenvalue weighted by Gasteiger charge is -2.05. The summed E-state index contributed by atoms with van der Waals surface area (Å²) >= 11 is 0. The Morgan fingerprint density at radius 2 is 1.00 bits per heavy atom. The van der Waals surface area contributed by atoms with Gasteiger partial charge in [0.1, 0.15) is 0 Å². The molecular weight excluding hydrogens is 476 g/mol. The summed E-state index contributed by atoms with van der Waals surface area (Å²) in [6.07, 6.45) is 8.81.